The summed E-state index contributed by atoms with van der Waals surface area (Å²) in [6.45, 7) is 6.10. The number of carbonyl (C=O) groups is 5. The van der Waals surface area contributed by atoms with E-state index in [2.05, 4.69) is 21.3 Å². The SMILES string of the molecule is CCNC(=O)C(=O)[C@H](C[C@@H]1CCNC1=O)NC(=O)[C@H](Cc1ccc(Cl)c(Cl)c1)NC(=O)OC(c1ccccc1)C(C)(C)c1cccc(Cl)c1. The molecule has 1 heterocycles. The average Bonchev–Trinajstić information content (AvgIpc) is 3.48. The molecule has 0 saturated carbocycles. The van der Waals surface area contributed by atoms with Gasteiger partial charge in [0.1, 0.15) is 12.1 Å². The predicted octanol–water partition coefficient (Wildman–Crippen LogP) is 5.72. The third-order valence-corrected chi connectivity index (χ3v) is 9.44. The number of ether oxygens (including phenoxy) is 1. The molecular formula is C36H39Cl3N4O6. The third kappa shape index (κ3) is 9.97. The van der Waals surface area contributed by atoms with Gasteiger partial charge in [-0.05, 0) is 60.7 Å². The Kier molecular flexibility index (Phi) is 13.1. The van der Waals surface area contributed by atoms with E-state index >= 15 is 0 Å². The van der Waals surface area contributed by atoms with Crippen LogP contribution in [0.1, 0.15) is 56.4 Å². The molecule has 0 radical (unpaired) electrons. The lowest BCUT2D eigenvalue weighted by Crippen LogP contribution is -2.55. The van der Waals surface area contributed by atoms with Crippen molar-refractivity contribution in [1.29, 1.82) is 0 Å². The van der Waals surface area contributed by atoms with Crippen LogP contribution >= 0.6 is 34.8 Å². The molecule has 10 nitrogen and oxygen atoms in total. The number of likely N-dealkylation sites (N-methyl/N-ethyl adjacent to an activating group) is 1. The summed E-state index contributed by atoms with van der Waals surface area (Å²) in [6, 6.07) is 18.6. The van der Waals surface area contributed by atoms with E-state index in [1.54, 1.807) is 37.3 Å². The molecule has 0 aromatic heterocycles. The van der Waals surface area contributed by atoms with Crippen LogP contribution in [0.4, 0.5) is 4.79 Å². The number of ketones is 1. The first-order chi connectivity index (χ1) is 23.3. The normalized spacial score (nSPS) is 16.1. The standard InChI is InChI=1S/C36H39Cl3N4O6/c1-4-40-34(47)30(44)28(19-23-15-16-41-32(23)45)42-33(46)29(18-21-13-14-26(38)27(39)17-21)43-35(48)49-31(22-9-6-5-7-10-22)36(2,3)24-11-8-12-25(37)20-24/h5-14,17,20,23,28-29,31H,4,15-16,18-19H2,1-3H3,(H,40,47)(H,41,45)(H,42,46)(H,43,48)/t23-,28-,29-,31?/m0/s1. The van der Waals surface area contributed by atoms with E-state index in [0.717, 1.165) is 5.56 Å². The van der Waals surface area contributed by atoms with Gasteiger partial charge in [0, 0.05) is 35.9 Å². The highest BCUT2D eigenvalue weighted by atomic mass is 35.5. The molecule has 4 amide bonds. The number of rotatable bonds is 14. The summed E-state index contributed by atoms with van der Waals surface area (Å²) in [5.74, 6) is -3.43. The van der Waals surface area contributed by atoms with Crippen molar-refractivity contribution in [2.75, 3.05) is 13.1 Å². The molecule has 1 unspecified atom stereocenters. The van der Waals surface area contributed by atoms with Crippen LogP contribution in [0.2, 0.25) is 15.1 Å². The quantitative estimate of drug-likeness (QED) is 0.157. The Bertz CT molecular complexity index is 1690. The van der Waals surface area contributed by atoms with Crippen LogP contribution in [-0.4, -0.2) is 54.8 Å². The smallest absolute Gasteiger partial charge is 0.408 e. The van der Waals surface area contributed by atoms with Crippen LogP contribution in [0.5, 0.6) is 0 Å². The van der Waals surface area contributed by atoms with Gasteiger partial charge in [0.15, 0.2) is 0 Å². The molecule has 0 spiro atoms. The molecule has 1 aliphatic rings. The van der Waals surface area contributed by atoms with Crippen molar-refractivity contribution in [3.8, 4) is 0 Å². The molecule has 4 atom stereocenters. The summed E-state index contributed by atoms with van der Waals surface area (Å²) in [7, 11) is 0. The van der Waals surface area contributed by atoms with E-state index in [4.69, 9.17) is 39.5 Å². The Balaban J connectivity index is 1.64. The van der Waals surface area contributed by atoms with Crippen molar-refractivity contribution in [3.05, 3.63) is 105 Å². The Morgan fingerprint density at radius 2 is 1.65 bits per heavy atom. The second kappa shape index (κ2) is 17.0. The van der Waals surface area contributed by atoms with Gasteiger partial charge in [0.05, 0.1) is 16.1 Å². The first-order valence-electron chi connectivity index (χ1n) is 15.9. The Morgan fingerprint density at radius 3 is 2.29 bits per heavy atom. The van der Waals surface area contributed by atoms with Gasteiger partial charge >= 0.3 is 6.09 Å². The molecule has 3 aromatic carbocycles. The van der Waals surface area contributed by atoms with Gasteiger partial charge < -0.3 is 26.0 Å². The zero-order chi connectivity index (χ0) is 35.7. The van der Waals surface area contributed by atoms with Gasteiger partial charge in [0.2, 0.25) is 17.6 Å². The number of benzene rings is 3. The summed E-state index contributed by atoms with van der Waals surface area (Å²) >= 11 is 18.7. The van der Waals surface area contributed by atoms with Crippen LogP contribution in [0.3, 0.4) is 0 Å². The second-order valence-corrected chi connectivity index (χ2v) is 13.6. The summed E-state index contributed by atoms with van der Waals surface area (Å²) in [4.78, 5) is 65.9. The monoisotopic (exact) mass is 728 g/mol. The topological polar surface area (TPSA) is 143 Å². The minimum Gasteiger partial charge on any atom is -0.440 e. The maximum atomic E-state index is 14.0. The highest BCUT2D eigenvalue weighted by Crippen LogP contribution is 2.40. The van der Waals surface area contributed by atoms with E-state index in [1.807, 2.05) is 56.3 Å². The number of alkyl carbamates (subject to hydrolysis) is 1. The number of hydrogen-bond acceptors (Lipinski definition) is 6. The Labute approximate surface area is 300 Å². The van der Waals surface area contributed by atoms with Gasteiger partial charge in [-0.1, -0.05) is 97.2 Å². The lowest BCUT2D eigenvalue weighted by atomic mass is 9.76. The molecule has 1 saturated heterocycles. The van der Waals surface area contributed by atoms with Crippen molar-refractivity contribution in [2.24, 2.45) is 5.92 Å². The molecule has 49 heavy (non-hydrogen) atoms. The van der Waals surface area contributed by atoms with Gasteiger partial charge in [-0.25, -0.2) is 4.79 Å². The molecule has 260 valence electrons. The van der Waals surface area contributed by atoms with Crippen LogP contribution < -0.4 is 21.3 Å². The van der Waals surface area contributed by atoms with Gasteiger partial charge in [-0.3, -0.25) is 19.2 Å². The molecule has 0 aliphatic carbocycles. The number of carbonyl (C=O) groups excluding carboxylic acids is 5. The molecule has 1 aliphatic heterocycles. The van der Waals surface area contributed by atoms with Crippen molar-refractivity contribution in [3.63, 3.8) is 0 Å². The first kappa shape index (κ1) is 37.7. The first-order valence-corrected chi connectivity index (χ1v) is 17.1. The highest BCUT2D eigenvalue weighted by molar-refractivity contribution is 6.42. The van der Waals surface area contributed by atoms with Gasteiger partial charge in [0.25, 0.3) is 5.91 Å². The Morgan fingerprint density at radius 1 is 0.918 bits per heavy atom. The maximum absolute atomic E-state index is 14.0. The fraction of sp³-hybridized carbons (Fsp3) is 0.361. The number of amides is 4. The van der Waals surface area contributed by atoms with Crippen LogP contribution in [-0.2, 0) is 35.8 Å². The van der Waals surface area contributed by atoms with Crippen LogP contribution in [0.25, 0.3) is 0 Å². The zero-order valence-corrected chi connectivity index (χ0v) is 29.6. The second-order valence-electron chi connectivity index (χ2n) is 12.4. The van der Waals surface area contributed by atoms with Gasteiger partial charge in [-0.2, -0.15) is 0 Å². The number of nitrogens with one attached hydrogen (secondary N) is 4. The summed E-state index contributed by atoms with van der Waals surface area (Å²) in [5.41, 5.74) is 1.29. The van der Waals surface area contributed by atoms with Crippen molar-refractivity contribution < 1.29 is 28.7 Å². The number of hydrogen-bond donors (Lipinski definition) is 4. The van der Waals surface area contributed by atoms with E-state index in [0.29, 0.717) is 34.1 Å². The molecule has 4 N–H and O–H groups in total. The van der Waals surface area contributed by atoms with Crippen LogP contribution in [0, 0.1) is 5.92 Å². The van der Waals surface area contributed by atoms with E-state index in [9.17, 15) is 24.0 Å². The molecular weight excluding hydrogens is 691 g/mol. The van der Waals surface area contributed by atoms with E-state index in [-0.39, 0.29) is 30.3 Å². The number of halogens is 3. The zero-order valence-electron chi connectivity index (χ0n) is 27.4. The van der Waals surface area contributed by atoms with E-state index < -0.39 is 53.2 Å². The lowest BCUT2D eigenvalue weighted by molar-refractivity contribution is -0.140. The van der Waals surface area contributed by atoms with Crippen molar-refractivity contribution >= 4 is 64.4 Å². The fourth-order valence-electron chi connectivity index (χ4n) is 5.76. The minimum atomic E-state index is -1.33. The molecule has 0 bridgehead atoms. The summed E-state index contributed by atoms with van der Waals surface area (Å²) < 4.78 is 6.10. The summed E-state index contributed by atoms with van der Waals surface area (Å²) in [6.07, 6.45) is -1.47. The summed E-state index contributed by atoms with van der Waals surface area (Å²) in [5, 5.41) is 11.5. The maximum Gasteiger partial charge on any atom is 0.408 e. The average molecular weight is 730 g/mol. The lowest BCUT2D eigenvalue weighted by Gasteiger charge is -2.35. The fourth-order valence-corrected chi connectivity index (χ4v) is 6.27. The van der Waals surface area contributed by atoms with Gasteiger partial charge in [-0.15, -0.1) is 0 Å². The molecule has 3 aromatic rings. The van der Waals surface area contributed by atoms with Crippen molar-refractivity contribution in [2.45, 2.75) is 63.6 Å². The van der Waals surface area contributed by atoms with Crippen LogP contribution in [0.15, 0.2) is 72.8 Å². The highest BCUT2D eigenvalue weighted by Gasteiger charge is 2.38. The molecule has 4 rings (SSSR count). The molecule has 13 heteroatoms. The Hall–Kier alpha value is -4.12. The third-order valence-electron chi connectivity index (χ3n) is 8.46. The number of Topliss-reactive ketones (excluding diaryl/α,β-unsaturated/α-hetero) is 1. The predicted molar refractivity (Wildman–Crippen MR) is 189 cm³/mol. The minimum absolute atomic E-state index is 0.0719. The molecule has 1 fully saturated rings. The van der Waals surface area contributed by atoms with E-state index in [1.165, 1.54) is 0 Å². The largest absolute Gasteiger partial charge is 0.440 e. The van der Waals surface area contributed by atoms with Crippen molar-refractivity contribution in [1.82, 2.24) is 21.3 Å².